The van der Waals surface area contributed by atoms with Crippen LogP contribution in [0.2, 0.25) is 0 Å². The van der Waals surface area contributed by atoms with Gasteiger partial charge in [-0.05, 0) is 49.1 Å². The molecule has 2 aromatic rings. The van der Waals surface area contributed by atoms with Crippen LogP contribution in [0.3, 0.4) is 0 Å². The van der Waals surface area contributed by atoms with Crippen molar-refractivity contribution in [3.63, 3.8) is 0 Å². The van der Waals surface area contributed by atoms with Crippen molar-refractivity contribution in [1.82, 2.24) is 9.97 Å². The van der Waals surface area contributed by atoms with Crippen molar-refractivity contribution in [1.29, 1.82) is 0 Å². The summed E-state index contributed by atoms with van der Waals surface area (Å²) in [6.07, 6.45) is 6.02. The number of aromatic nitrogens is 2. The van der Waals surface area contributed by atoms with E-state index in [1.165, 1.54) is 0 Å². The Balaban J connectivity index is 2.25. The third-order valence-electron chi connectivity index (χ3n) is 3.03. The molecule has 4 heteroatoms. The third kappa shape index (κ3) is 2.96. The van der Waals surface area contributed by atoms with E-state index in [0.717, 1.165) is 28.8 Å². The second-order valence-corrected chi connectivity index (χ2v) is 4.51. The van der Waals surface area contributed by atoms with Gasteiger partial charge in [0.1, 0.15) is 5.69 Å². The molecule has 0 aliphatic rings. The first-order chi connectivity index (χ1) is 9.11. The topological polar surface area (TPSA) is 54.9 Å². The zero-order chi connectivity index (χ0) is 13.8. The minimum absolute atomic E-state index is 0.187. The minimum atomic E-state index is -0.187. The molecule has 0 bridgehead atoms. The quantitative estimate of drug-likeness (QED) is 0.917. The predicted octanol–water partition coefficient (Wildman–Crippen LogP) is 2.91. The minimum Gasteiger partial charge on any atom is -0.320 e. The highest BCUT2D eigenvalue weighted by molar-refractivity contribution is 6.03. The molecular formula is C15H17N3O. The van der Waals surface area contributed by atoms with Gasteiger partial charge in [-0.2, -0.15) is 0 Å². The first kappa shape index (κ1) is 13.2. The maximum absolute atomic E-state index is 12.2. The molecule has 0 saturated carbocycles. The number of nitrogens with one attached hydrogen (secondary N) is 1. The van der Waals surface area contributed by atoms with Crippen molar-refractivity contribution < 1.29 is 4.79 Å². The van der Waals surface area contributed by atoms with E-state index in [9.17, 15) is 4.79 Å². The number of carbonyl (C=O) groups excluding carboxylic acids is 1. The largest absolute Gasteiger partial charge is 0.320 e. The van der Waals surface area contributed by atoms with E-state index in [4.69, 9.17) is 0 Å². The van der Waals surface area contributed by atoms with Crippen molar-refractivity contribution in [2.24, 2.45) is 0 Å². The number of hydrogen-bond acceptors (Lipinski definition) is 3. The van der Waals surface area contributed by atoms with Crippen molar-refractivity contribution in [3.05, 3.63) is 53.1 Å². The smallest absolute Gasteiger partial charge is 0.274 e. The van der Waals surface area contributed by atoms with Crippen LogP contribution in [0.25, 0.3) is 0 Å². The summed E-state index contributed by atoms with van der Waals surface area (Å²) in [6, 6.07) is 3.74. The Morgan fingerprint density at radius 1 is 1.26 bits per heavy atom. The maximum Gasteiger partial charge on any atom is 0.274 e. The molecule has 0 aliphatic heterocycles. The molecular weight excluding hydrogens is 238 g/mol. The molecule has 0 aromatic carbocycles. The van der Waals surface area contributed by atoms with Crippen LogP contribution in [0.5, 0.6) is 0 Å². The van der Waals surface area contributed by atoms with Gasteiger partial charge in [0.25, 0.3) is 5.91 Å². The van der Waals surface area contributed by atoms with Crippen LogP contribution >= 0.6 is 0 Å². The van der Waals surface area contributed by atoms with Crippen LogP contribution in [0, 0.1) is 13.8 Å². The summed E-state index contributed by atoms with van der Waals surface area (Å²) in [5, 5.41) is 2.90. The van der Waals surface area contributed by atoms with E-state index in [-0.39, 0.29) is 5.91 Å². The lowest BCUT2D eigenvalue weighted by atomic mass is 10.1. The molecule has 4 nitrogen and oxygen atoms in total. The second-order valence-electron chi connectivity index (χ2n) is 4.51. The number of anilines is 1. The zero-order valence-corrected chi connectivity index (χ0v) is 11.4. The molecule has 0 radical (unpaired) electrons. The fraction of sp³-hybridized carbons (Fsp3) is 0.267. The van der Waals surface area contributed by atoms with Crippen LogP contribution in [0.4, 0.5) is 5.69 Å². The predicted molar refractivity (Wildman–Crippen MR) is 75.3 cm³/mol. The third-order valence-corrected chi connectivity index (χ3v) is 3.03. The summed E-state index contributed by atoms with van der Waals surface area (Å²) in [4.78, 5) is 20.4. The molecule has 1 amide bonds. The van der Waals surface area contributed by atoms with Crippen LogP contribution in [-0.4, -0.2) is 15.9 Å². The molecule has 0 fully saturated rings. The Morgan fingerprint density at radius 2 is 1.95 bits per heavy atom. The summed E-state index contributed by atoms with van der Waals surface area (Å²) in [5.74, 6) is -0.187. The monoisotopic (exact) mass is 255 g/mol. The van der Waals surface area contributed by atoms with Crippen molar-refractivity contribution >= 4 is 11.6 Å². The van der Waals surface area contributed by atoms with E-state index >= 15 is 0 Å². The number of pyridine rings is 2. The molecule has 2 rings (SSSR count). The van der Waals surface area contributed by atoms with Crippen LogP contribution in [0.1, 0.15) is 34.1 Å². The van der Waals surface area contributed by atoms with Crippen LogP contribution in [0.15, 0.2) is 30.7 Å². The van der Waals surface area contributed by atoms with Crippen molar-refractivity contribution in [2.75, 3.05) is 5.32 Å². The number of carbonyl (C=O) groups is 1. The van der Waals surface area contributed by atoms with Gasteiger partial charge in [0, 0.05) is 24.3 Å². The number of nitrogens with zero attached hydrogens (tertiary/aromatic N) is 2. The van der Waals surface area contributed by atoms with Gasteiger partial charge in [-0.15, -0.1) is 0 Å². The van der Waals surface area contributed by atoms with E-state index in [1.807, 2.05) is 32.9 Å². The lowest BCUT2D eigenvalue weighted by molar-refractivity contribution is 0.102. The van der Waals surface area contributed by atoms with E-state index < -0.39 is 0 Å². The van der Waals surface area contributed by atoms with Crippen molar-refractivity contribution in [3.8, 4) is 0 Å². The number of rotatable bonds is 3. The molecule has 0 atom stereocenters. The number of aryl methyl sites for hydroxylation is 3. The summed E-state index contributed by atoms with van der Waals surface area (Å²) in [6.45, 7) is 5.89. The Labute approximate surface area is 112 Å². The first-order valence-electron chi connectivity index (χ1n) is 6.29. The van der Waals surface area contributed by atoms with Crippen molar-refractivity contribution in [2.45, 2.75) is 27.2 Å². The van der Waals surface area contributed by atoms with E-state index in [0.29, 0.717) is 5.69 Å². The second kappa shape index (κ2) is 5.61. The Hall–Kier alpha value is -2.23. The standard InChI is InChI=1S/C15H17N3O/c1-4-12-5-6-17-13(7-12)15(19)18-14-10(2)8-16-9-11(14)3/h5-9H,4H2,1-3H3,(H,16,18,19). The first-order valence-corrected chi connectivity index (χ1v) is 6.29. The molecule has 19 heavy (non-hydrogen) atoms. The highest BCUT2D eigenvalue weighted by Crippen LogP contribution is 2.18. The van der Waals surface area contributed by atoms with Gasteiger partial charge < -0.3 is 5.32 Å². The summed E-state index contributed by atoms with van der Waals surface area (Å²) in [5.41, 5.74) is 4.24. The van der Waals surface area contributed by atoms with Gasteiger partial charge in [-0.25, -0.2) is 0 Å². The van der Waals surface area contributed by atoms with Crippen LogP contribution in [-0.2, 0) is 6.42 Å². The van der Waals surface area contributed by atoms with E-state index in [1.54, 1.807) is 18.6 Å². The molecule has 2 heterocycles. The molecule has 0 unspecified atom stereocenters. The summed E-state index contributed by atoms with van der Waals surface area (Å²) in [7, 11) is 0. The number of hydrogen-bond donors (Lipinski definition) is 1. The lowest BCUT2D eigenvalue weighted by Gasteiger charge is -2.10. The van der Waals surface area contributed by atoms with Gasteiger partial charge >= 0.3 is 0 Å². The summed E-state index contributed by atoms with van der Waals surface area (Å²) >= 11 is 0. The summed E-state index contributed by atoms with van der Waals surface area (Å²) < 4.78 is 0. The van der Waals surface area contributed by atoms with Gasteiger partial charge in [-0.3, -0.25) is 14.8 Å². The van der Waals surface area contributed by atoms with Gasteiger partial charge in [-0.1, -0.05) is 6.92 Å². The fourth-order valence-electron chi connectivity index (χ4n) is 1.89. The molecule has 98 valence electrons. The Morgan fingerprint density at radius 3 is 2.58 bits per heavy atom. The average molecular weight is 255 g/mol. The SMILES string of the molecule is CCc1ccnc(C(=O)Nc2c(C)cncc2C)c1. The van der Waals surface area contributed by atoms with Gasteiger partial charge in [0.2, 0.25) is 0 Å². The zero-order valence-electron chi connectivity index (χ0n) is 11.4. The van der Waals surface area contributed by atoms with Crippen LogP contribution < -0.4 is 5.32 Å². The molecule has 1 N–H and O–H groups in total. The molecule has 0 saturated heterocycles. The average Bonchev–Trinajstić information content (AvgIpc) is 2.43. The molecule has 2 aromatic heterocycles. The highest BCUT2D eigenvalue weighted by atomic mass is 16.1. The number of amides is 1. The lowest BCUT2D eigenvalue weighted by Crippen LogP contribution is -2.15. The Kier molecular flexibility index (Phi) is 3.90. The fourth-order valence-corrected chi connectivity index (χ4v) is 1.89. The molecule has 0 aliphatic carbocycles. The normalized spacial score (nSPS) is 10.3. The van der Waals surface area contributed by atoms with Gasteiger partial charge in [0.05, 0.1) is 0 Å². The maximum atomic E-state index is 12.2. The highest BCUT2D eigenvalue weighted by Gasteiger charge is 2.11. The van der Waals surface area contributed by atoms with E-state index in [2.05, 4.69) is 15.3 Å². The van der Waals surface area contributed by atoms with Gasteiger partial charge in [0.15, 0.2) is 0 Å². The Bertz CT molecular complexity index is 588. The molecule has 0 spiro atoms.